The van der Waals surface area contributed by atoms with Crippen molar-refractivity contribution in [1.29, 1.82) is 0 Å². The lowest BCUT2D eigenvalue weighted by molar-refractivity contribution is -1.01. The van der Waals surface area contributed by atoms with Crippen molar-refractivity contribution in [2.24, 2.45) is 5.41 Å². The van der Waals surface area contributed by atoms with E-state index in [2.05, 4.69) is 41.7 Å². The molecule has 1 rings (SSSR count). The van der Waals surface area contributed by atoms with Crippen LogP contribution in [0.5, 0.6) is 0 Å². The summed E-state index contributed by atoms with van der Waals surface area (Å²) in [5.74, 6) is 0. The van der Waals surface area contributed by atoms with E-state index in [0.29, 0.717) is 5.41 Å². The van der Waals surface area contributed by atoms with Gasteiger partial charge in [0, 0.05) is 0 Å². The second kappa shape index (κ2) is 2.73. The molecule has 0 aromatic carbocycles. The molecule has 1 heterocycles. The average Bonchev–Trinajstić information content (AvgIpc) is 2.13. The first-order valence-corrected chi connectivity index (χ1v) is 5.28. The van der Waals surface area contributed by atoms with E-state index in [1.807, 2.05) is 0 Å². The van der Waals surface area contributed by atoms with E-state index in [4.69, 9.17) is 0 Å². The second-order valence-corrected chi connectivity index (χ2v) is 4.87. The molecule has 0 amide bonds. The van der Waals surface area contributed by atoms with Crippen LogP contribution in [0.25, 0.3) is 0 Å². The third-order valence-electron chi connectivity index (χ3n) is 5.12. The average molecular weight is 170 g/mol. The van der Waals surface area contributed by atoms with Gasteiger partial charge in [-0.3, -0.25) is 0 Å². The Balaban J connectivity index is 2.81. The van der Waals surface area contributed by atoms with Crippen molar-refractivity contribution in [3.8, 4) is 0 Å². The van der Waals surface area contributed by atoms with E-state index in [1.165, 1.54) is 17.4 Å². The molecule has 2 unspecified atom stereocenters. The summed E-state index contributed by atoms with van der Waals surface area (Å²) in [6, 6.07) is 1.67. The molecule has 0 aliphatic carbocycles. The number of nitrogens with zero attached hydrogens (tertiary/aromatic N) is 1. The van der Waals surface area contributed by atoms with Gasteiger partial charge in [0.25, 0.3) is 0 Å². The summed E-state index contributed by atoms with van der Waals surface area (Å²) in [6.45, 7) is 13.2. The van der Waals surface area contributed by atoms with E-state index >= 15 is 0 Å². The SMILES string of the molecule is CCC1(C)C(C)[N+](C)(CC)C1C. The van der Waals surface area contributed by atoms with Crippen LogP contribution in [0.3, 0.4) is 0 Å². The molecule has 1 aliphatic rings. The molecule has 1 nitrogen and oxygen atoms in total. The zero-order valence-corrected chi connectivity index (χ0v) is 9.52. The predicted molar refractivity (Wildman–Crippen MR) is 54.0 cm³/mol. The van der Waals surface area contributed by atoms with Gasteiger partial charge in [-0.25, -0.2) is 0 Å². The quantitative estimate of drug-likeness (QED) is 0.559. The first-order valence-electron chi connectivity index (χ1n) is 5.28. The van der Waals surface area contributed by atoms with Crippen LogP contribution in [0.4, 0.5) is 0 Å². The summed E-state index contributed by atoms with van der Waals surface area (Å²) in [5.41, 5.74) is 0.588. The van der Waals surface area contributed by atoms with Gasteiger partial charge >= 0.3 is 0 Å². The number of likely N-dealkylation sites (tertiary alicyclic amines) is 1. The fourth-order valence-corrected chi connectivity index (χ4v) is 3.09. The lowest BCUT2D eigenvalue weighted by atomic mass is 9.63. The summed E-state index contributed by atoms with van der Waals surface area (Å²) < 4.78 is 1.27. The number of quaternary nitrogens is 1. The Kier molecular flexibility index (Phi) is 2.28. The second-order valence-electron chi connectivity index (χ2n) is 4.87. The highest BCUT2D eigenvalue weighted by Gasteiger charge is 2.61. The van der Waals surface area contributed by atoms with E-state index < -0.39 is 0 Å². The maximum atomic E-state index is 2.44. The summed E-state index contributed by atoms with van der Waals surface area (Å²) in [5, 5.41) is 0. The van der Waals surface area contributed by atoms with Gasteiger partial charge in [-0.05, 0) is 34.1 Å². The molecular weight excluding hydrogens is 146 g/mol. The third-order valence-corrected chi connectivity index (χ3v) is 5.12. The normalized spacial score (nSPS) is 53.5. The van der Waals surface area contributed by atoms with E-state index in [1.54, 1.807) is 0 Å². The molecule has 1 fully saturated rings. The Bertz CT molecular complexity index is 146. The lowest BCUT2D eigenvalue weighted by Gasteiger charge is -2.65. The Hall–Kier alpha value is -0.0400. The number of hydrogen-bond donors (Lipinski definition) is 0. The molecule has 0 saturated carbocycles. The monoisotopic (exact) mass is 170 g/mol. The summed E-state index contributed by atoms with van der Waals surface area (Å²) in [6.07, 6.45) is 1.32. The Morgan fingerprint density at radius 3 is 1.83 bits per heavy atom. The van der Waals surface area contributed by atoms with Crippen LogP contribution in [0, 0.1) is 5.41 Å². The Morgan fingerprint density at radius 2 is 1.58 bits per heavy atom. The van der Waals surface area contributed by atoms with Gasteiger partial charge in [0.1, 0.15) is 0 Å². The number of hydrogen-bond acceptors (Lipinski definition) is 0. The maximum Gasteiger partial charge on any atom is 0.0973 e. The van der Waals surface area contributed by atoms with Gasteiger partial charge in [0.15, 0.2) is 0 Å². The third kappa shape index (κ3) is 0.891. The fraction of sp³-hybridized carbons (Fsp3) is 1.00. The minimum atomic E-state index is 0.588. The zero-order chi connectivity index (χ0) is 9.57. The van der Waals surface area contributed by atoms with Gasteiger partial charge < -0.3 is 4.48 Å². The van der Waals surface area contributed by atoms with Crippen LogP contribution >= 0.6 is 0 Å². The Labute approximate surface area is 77.4 Å². The molecule has 0 aromatic heterocycles. The van der Waals surface area contributed by atoms with E-state index in [9.17, 15) is 0 Å². The minimum Gasteiger partial charge on any atom is -0.321 e. The largest absolute Gasteiger partial charge is 0.321 e. The van der Waals surface area contributed by atoms with Crippen molar-refractivity contribution in [3.63, 3.8) is 0 Å². The van der Waals surface area contributed by atoms with E-state index in [-0.39, 0.29) is 0 Å². The van der Waals surface area contributed by atoms with Gasteiger partial charge in [-0.2, -0.15) is 0 Å². The summed E-state index contributed by atoms with van der Waals surface area (Å²) in [7, 11) is 2.40. The zero-order valence-electron chi connectivity index (χ0n) is 9.52. The highest BCUT2D eigenvalue weighted by molar-refractivity contribution is 4.94. The van der Waals surface area contributed by atoms with Crippen LogP contribution in [-0.2, 0) is 0 Å². The Morgan fingerprint density at radius 1 is 1.17 bits per heavy atom. The number of rotatable bonds is 2. The summed E-state index contributed by atoms with van der Waals surface area (Å²) in [4.78, 5) is 0. The van der Waals surface area contributed by atoms with Crippen molar-refractivity contribution >= 4 is 0 Å². The van der Waals surface area contributed by atoms with Crippen molar-refractivity contribution in [3.05, 3.63) is 0 Å². The minimum absolute atomic E-state index is 0.588. The van der Waals surface area contributed by atoms with Gasteiger partial charge in [0.2, 0.25) is 0 Å². The maximum absolute atomic E-state index is 2.44. The van der Waals surface area contributed by atoms with Crippen molar-refractivity contribution in [2.75, 3.05) is 13.6 Å². The van der Waals surface area contributed by atoms with Crippen molar-refractivity contribution in [1.82, 2.24) is 0 Å². The molecular formula is C11H24N+. The van der Waals surface area contributed by atoms with E-state index in [0.717, 1.165) is 12.1 Å². The molecule has 12 heavy (non-hydrogen) atoms. The molecule has 0 radical (unpaired) electrons. The molecule has 1 heteroatoms. The molecule has 0 bridgehead atoms. The molecule has 1 aliphatic heterocycles. The smallest absolute Gasteiger partial charge is 0.0973 e. The van der Waals surface area contributed by atoms with Gasteiger partial charge in [0.05, 0.1) is 31.1 Å². The lowest BCUT2D eigenvalue weighted by Crippen LogP contribution is -2.77. The van der Waals surface area contributed by atoms with Crippen LogP contribution in [-0.4, -0.2) is 30.2 Å². The molecule has 2 atom stereocenters. The van der Waals surface area contributed by atoms with Crippen LogP contribution in [0.1, 0.15) is 41.0 Å². The first-order chi connectivity index (χ1) is 5.43. The molecule has 0 spiro atoms. The van der Waals surface area contributed by atoms with Crippen LogP contribution in [0.2, 0.25) is 0 Å². The fourth-order valence-electron chi connectivity index (χ4n) is 3.09. The highest BCUT2D eigenvalue weighted by Crippen LogP contribution is 2.50. The van der Waals surface area contributed by atoms with Crippen LogP contribution in [0.15, 0.2) is 0 Å². The van der Waals surface area contributed by atoms with Crippen molar-refractivity contribution < 1.29 is 4.48 Å². The molecule has 1 saturated heterocycles. The standard InChI is InChI=1S/C11H24N/c1-7-11(5)9(3)12(6,8-2)10(11)4/h9-10H,7-8H2,1-6H3/q+1. The molecule has 0 N–H and O–H groups in total. The predicted octanol–water partition coefficient (Wildman–Crippen LogP) is 2.66. The van der Waals surface area contributed by atoms with Crippen molar-refractivity contribution in [2.45, 2.75) is 53.1 Å². The summed E-state index contributed by atoms with van der Waals surface area (Å²) >= 11 is 0. The highest BCUT2D eigenvalue weighted by atomic mass is 15.4. The molecule has 72 valence electrons. The first kappa shape index (κ1) is 10.0. The topological polar surface area (TPSA) is 0 Å². The molecule has 0 aromatic rings. The van der Waals surface area contributed by atoms with Gasteiger partial charge in [-0.1, -0.05) is 6.92 Å². The van der Waals surface area contributed by atoms with Crippen LogP contribution < -0.4 is 0 Å². The van der Waals surface area contributed by atoms with Gasteiger partial charge in [-0.15, -0.1) is 0 Å².